The second-order valence-electron chi connectivity index (χ2n) is 7.53. The van der Waals surface area contributed by atoms with Crippen molar-refractivity contribution in [3.05, 3.63) is 64.7 Å². The molecular weight excluding hydrogens is 408 g/mol. The van der Waals surface area contributed by atoms with Gasteiger partial charge in [0.05, 0.1) is 5.75 Å². The molecule has 5 nitrogen and oxygen atoms in total. The molecule has 0 radical (unpaired) electrons. The van der Waals surface area contributed by atoms with Crippen LogP contribution in [0.15, 0.2) is 48.5 Å². The number of nitrogens with one attached hydrogen (secondary N) is 1. The molecule has 1 N–H and O–H groups in total. The predicted octanol–water partition coefficient (Wildman–Crippen LogP) is 4.26. The van der Waals surface area contributed by atoms with Gasteiger partial charge in [-0.1, -0.05) is 48.0 Å². The Morgan fingerprint density at radius 1 is 1.14 bits per heavy atom. The Morgan fingerprint density at radius 3 is 2.52 bits per heavy atom. The molecular formula is C22H27ClN2O3S. The maximum atomic E-state index is 12.6. The van der Waals surface area contributed by atoms with Gasteiger partial charge in [0, 0.05) is 29.7 Å². The highest BCUT2D eigenvalue weighted by atomic mass is 35.5. The fraction of sp³-hybridized carbons (Fsp3) is 0.409. The van der Waals surface area contributed by atoms with Gasteiger partial charge in [0.15, 0.2) is 0 Å². The van der Waals surface area contributed by atoms with E-state index >= 15 is 0 Å². The molecule has 2 aromatic carbocycles. The van der Waals surface area contributed by atoms with Crippen molar-refractivity contribution in [1.82, 2.24) is 4.31 Å². The Kier molecular flexibility index (Phi) is 7.33. The summed E-state index contributed by atoms with van der Waals surface area (Å²) >= 11 is 6.01. The molecule has 0 unspecified atom stereocenters. The number of sulfonamides is 1. The molecule has 1 amide bonds. The minimum absolute atomic E-state index is 0.0727. The summed E-state index contributed by atoms with van der Waals surface area (Å²) in [6, 6.07) is 15.3. The molecule has 0 saturated carbocycles. The maximum Gasteiger partial charge on any atom is 0.227 e. The monoisotopic (exact) mass is 434 g/mol. The fourth-order valence-electron chi connectivity index (χ4n) is 3.59. The van der Waals surface area contributed by atoms with Gasteiger partial charge in [-0.05, 0) is 55.9 Å². The number of nitrogens with zero attached hydrogens (tertiary/aromatic N) is 1. The molecule has 0 spiro atoms. The van der Waals surface area contributed by atoms with Crippen LogP contribution in [0.1, 0.15) is 30.4 Å². The number of benzene rings is 2. The van der Waals surface area contributed by atoms with Gasteiger partial charge in [0.1, 0.15) is 0 Å². The third-order valence-electron chi connectivity index (χ3n) is 5.39. The minimum atomic E-state index is -3.29. The van der Waals surface area contributed by atoms with E-state index in [0.29, 0.717) is 43.1 Å². The summed E-state index contributed by atoms with van der Waals surface area (Å²) in [6.07, 6.45) is 2.41. The van der Waals surface area contributed by atoms with Crippen LogP contribution in [0.3, 0.4) is 0 Å². The number of carbonyl (C=O) groups excluding carboxylic acids is 1. The Morgan fingerprint density at radius 2 is 1.83 bits per heavy atom. The average Bonchev–Trinajstić information content (AvgIpc) is 2.71. The lowest BCUT2D eigenvalue weighted by atomic mass is 9.97. The molecule has 3 rings (SSSR count). The second-order valence-corrected chi connectivity index (χ2v) is 10.1. The summed E-state index contributed by atoms with van der Waals surface area (Å²) in [5.74, 6) is -0.124. The minimum Gasteiger partial charge on any atom is -0.326 e. The number of hydrogen-bond donors (Lipinski definition) is 1. The van der Waals surface area contributed by atoms with E-state index in [2.05, 4.69) is 5.32 Å². The van der Waals surface area contributed by atoms with Crippen molar-refractivity contribution in [2.45, 2.75) is 32.6 Å². The molecule has 0 aliphatic carbocycles. The van der Waals surface area contributed by atoms with Crippen LogP contribution in [0.4, 0.5) is 5.69 Å². The van der Waals surface area contributed by atoms with Crippen LogP contribution < -0.4 is 5.32 Å². The summed E-state index contributed by atoms with van der Waals surface area (Å²) < 4.78 is 26.8. The highest BCUT2D eigenvalue weighted by Crippen LogP contribution is 2.25. The van der Waals surface area contributed by atoms with Gasteiger partial charge in [-0.25, -0.2) is 12.7 Å². The Labute approximate surface area is 178 Å². The van der Waals surface area contributed by atoms with Gasteiger partial charge in [-0.3, -0.25) is 4.79 Å². The van der Waals surface area contributed by atoms with E-state index in [1.165, 1.54) is 4.31 Å². The third-order valence-corrected chi connectivity index (χ3v) is 7.58. The number of piperidine rings is 1. The molecule has 7 heteroatoms. The largest absolute Gasteiger partial charge is 0.326 e. The molecule has 1 heterocycles. The number of hydrogen-bond acceptors (Lipinski definition) is 3. The van der Waals surface area contributed by atoms with E-state index in [-0.39, 0.29) is 17.6 Å². The highest BCUT2D eigenvalue weighted by molar-refractivity contribution is 7.89. The van der Waals surface area contributed by atoms with Crippen LogP contribution in [-0.4, -0.2) is 37.5 Å². The van der Waals surface area contributed by atoms with Crippen LogP contribution in [0, 0.1) is 12.8 Å². The van der Waals surface area contributed by atoms with Crippen molar-refractivity contribution in [2.24, 2.45) is 5.92 Å². The van der Waals surface area contributed by atoms with Gasteiger partial charge >= 0.3 is 0 Å². The second kappa shape index (κ2) is 9.74. The van der Waals surface area contributed by atoms with Gasteiger partial charge in [-0.15, -0.1) is 0 Å². The smallest absolute Gasteiger partial charge is 0.227 e. The normalized spacial score (nSPS) is 15.9. The predicted molar refractivity (Wildman–Crippen MR) is 118 cm³/mol. The SMILES string of the molecule is Cc1ccc(Cl)cc1NC(=O)C1CCN(S(=O)(=O)CCCc2ccccc2)CC1. The maximum absolute atomic E-state index is 12.6. The van der Waals surface area contributed by atoms with Crippen LogP contribution in [0.2, 0.25) is 5.02 Å². The summed E-state index contributed by atoms with van der Waals surface area (Å²) in [4.78, 5) is 12.6. The lowest BCUT2D eigenvalue weighted by molar-refractivity contribution is -0.120. The number of aryl methyl sites for hydroxylation is 2. The summed E-state index contributed by atoms with van der Waals surface area (Å²) in [5, 5.41) is 3.51. The van der Waals surface area contributed by atoms with Crippen LogP contribution in [0.25, 0.3) is 0 Å². The van der Waals surface area contributed by atoms with Crippen molar-refractivity contribution in [2.75, 3.05) is 24.2 Å². The topological polar surface area (TPSA) is 66.5 Å². The Bertz CT molecular complexity index is 940. The quantitative estimate of drug-likeness (QED) is 0.707. The van der Waals surface area contributed by atoms with E-state index in [1.54, 1.807) is 12.1 Å². The van der Waals surface area contributed by atoms with Crippen molar-refractivity contribution >= 4 is 33.2 Å². The molecule has 0 atom stereocenters. The zero-order chi connectivity index (χ0) is 20.9. The Balaban J connectivity index is 1.48. The van der Waals surface area contributed by atoms with E-state index in [1.807, 2.05) is 43.3 Å². The number of halogens is 1. The molecule has 1 saturated heterocycles. The van der Waals surface area contributed by atoms with Crippen molar-refractivity contribution in [3.8, 4) is 0 Å². The number of anilines is 1. The van der Waals surface area contributed by atoms with Gasteiger partial charge < -0.3 is 5.32 Å². The average molecular weight is 435 g/mol. The highest BCUT2D eigenvalue weighted by Gasteiger charge is 2.31. The number of amides is 1. The number of rotatable bonds is 7. The van der Waals surface area contributed by atoms with Crippen molar-refractivity contribution in [1.29, 1.82) is 0 Å². The zero-order valence-electron chi connectivity index (χ0n) is 16.6. The van der Waals surface area contributed by atoms with Crippen molar-refractivity contribution in [3.63, 3.8) is 0 Å². The lowest BCUT2D eigenvalue weighted by Gasteiger charge is -2.30. The number of carbonyl (C=O) groups is 1. The van der Waals surface area contributed by atoms with E-state index in [4.69, 9.17) is 11.6 Å². The molecule has 2 aromatic rings. The van der Waals surface area contributed by atoms with Gasteiger partial charge in [0.25, 0.3) is 0 Å². The molecule has 1 fully saturated rings. The first-order valence-electron chi connectivity index (χ1n) is 9.94. The molecule has 0 bridgehead atoms. The third kappa shape index (κ3) is 6.04. The van der Waals surface area contributed by atoms with Gasteiger partial charge in [0.2, 0.25) is 15.9 Å². The molecule has 1 aliphatic heterocycles. The van der Waals surface area contributed by atoms with Crippen LogP contribution >= 0.6 is 11.6 Å². The summed E-state index contributed by atoms with van der Waals surface area (Å²) in [7, 11) is -3.29. The van der Waals surface area contributed by atoms with E-state index in [9.17, 15) is 13.2 Å². The summed E-state index contributed by atoms with van der Waals surface area (Å²) in [6.45, 7) is 2.69. The van der Waals surface area contributed by atoms with Gasteiger partial charge in [-0.2, -0.15) is 0 Å². The van der Waals surface area contributed by atoms with Crippen LogP contribution in [-0.2, 0) is 21.2 Å². The molecule has 29 heavy (non-hydrogen) atoms. The van der Waals surface area contributed by atoms with Crippen LogP contribution in [0.5, 0.6) is 0 Å². The summed E-state index contributed by atoms with van der Waals surface area (Å²) in [5.41, 5.74) is 2.80. The lowest BCUT2D eigenvalue weighted by Crippen LogP contribution is -2.42. The standard InChI is InChI=1S/C22H27ClN2O3S/c1-17-9-10-20(23)16-21(17)24-22(26)19-11-13-25(14-12-19)29(27,28)15-5-8-18-6-3-2-4-7-18/h2-4,6-7,9-10,16,19H,5,8,11-15H2,1H3,(H,24,26). The van der Waals surface area contributed by atoms with E-state index < -0.39 is 10.0 Å². The van der Waals surface area contributed by atoms with E-state index in [0.717, 1.165) is 17.5 Å². The first-order chi connectivity index (χ1) is 13.8. The van der Waals surface area contributed by atoms with Crippen molar-refractivity contribution < 1.29 is 13.2 Å². The molecule has 0 aromatic heterocycles. The first-order valence-corrected chi connectivity index (χ1v) is 11.9. The Hall–Kier alpha value is -1.89. The molecule has 1 aliphatic rings. The fourth-order valence-corrected chi connectivity index (χ4v) is 5.30. The molecule has 156 valence electrons. The first kappa shape index (κ1) is 21.8. The zero-order valence-corrected chi connectivity index (χ0v) is 18.2.